The number of hydrogen-bond acceptors (Lipinski definition) is 5. The van der Waals surface area contributed by atoms with Gasteiger partial charge in [0.2, 0.25) is 0 Å². The van der Waals surface area contributed by atoms with E-state index >= 15 is 0 Å². The van der Waals surface area contributed by atoms with Gasteiger partial charge in [-0.3, -0.25) is 0 Å². The monoisotopic (exact) mass is 327 g/mol. The summed E-state index contributed by atoms with van der Waals surface area (Å²) in [5, 5.41) is 1.75. The van der Waals surface area contributed by atoms with Gasteiger partial charge >= 0.3 is 0 Å². The molecule has 0 saturated heterocycles. The van der Waals surface area contributed by atoms with E-state index in [1.165, 1.54) is 16.0 Å². The van der Waals surface area contributed by atoms with Crippen molar-refractivity contribution in [3.05, 3.63) is 52.4 Å². The van der Waals surface area contributed by atoms with Gasteiger partial charge in [-0.15, -0.1) is 11.3 Å². The molecule has 0 bridgehead atoms. The maximum absolute atomic E-state index is 6.09. The van der Waals surface area contributed by atoms with E-state index in [0.29, 0.717) is 5.82 Å². The summed E-state index contributed by atoms with van der Waals surface area (Å²) in [6.07, 6.45) is 4.23. The number of fused-ring (bicyclic) bond motifs is 1. The van der Waals surface area contributed by atoms with E-state index in [-0.39, 0.29) is 0 Å². The summed E-state index contributed by atoms with van der Waals surface area (Å²) in [5.41, 5.74) is 8.48. The lowest BCUT2D eigenvalue weighted by Crippen LogP contribution is -1.96. The number of thioether (sulfide) groups is 1. The zero-order valence-corrected chi connectivity index (χ0v) is 14.2. The molecule has 2 N–H and O–H groups in total. The summed E-state index contributed by atoms with van der Waals surface area (Å²) >= 11 is 3.28. The maximum Gasteiger partial charge on any atom is 0.191 e. The number of hydrogen-bond donors (Lipinski definition) is 1. The first-order valence-corrected chi connectivity index (χ1v) is 8.83. The van der Waals surface area contributed by atoms with Gasteiger partial charge in [-0.05, 0) is 25.0 Å². The van der Waals surface area contributed by atoms with Crippen molar-refractivity contribution in [3.63, 3.8) is 0 Å². The quantitative estimate of drug-likeness (QED) is 0.557. The van der Waals surface area contributed by atoms with Crippen molar-refractivity contribution in [2.45, 2.75) is 19.0 Å². The summed E-state index contributed by atoms with van der Waals surface area (Å²) in [5.74, 6) is 1.41. The predicted molar refractivity (Wildman–Crippen MR) is 97.5 cm³/mol. The van der Waals surface area contributed by atoms with Crippen LogP contribution in [0.1, 0.15) is 16.0 Å². The standard InChI is InChI=1S/C17H17N3S2/c1-11-12(2)22-16-14(11)15(18)19-17(20-16)21-10-6-9-13-7-4-3-5-8-13/h3-9H,10H2,1-2H3,(H2,18,19,20)/b9-6+. The summed E-state index contributed by atoms with van der Waals surface area (Å²) < 4.78 is 0. The molecular formula is C17H17N3S2. The number of aromatic nitrogens is 2. The fraction of sp³-hybridized carbons (Fsp3) is 0.176. The van der Waals surface area contributed by atoms with Crippen LogP contribution < -0.4 is 5.73 Å². The van der Waals surface area contributed by atoms with Gasteiger partial charge in [0, 0.05) is 10.6 Å². The molecule has 2 heterocycles. The average Bonchev–Trinajstić information content (AvgIpc) is 2.80. The Hall–Kier alpha value is -1.85. The Morgan fingerprint density at radius 2 is 1.95 bits per heavy atom. The molecule has 0 amide bonds. The summed E-state index contributed by atoms with van der Waals surface area (Å²) in [6.45, 7) is 4.17. The van der Waals surface area contributed by atoms with Crippen LogP contribution >= 0.6 is 23.1 Å². The first kappa shape index (κ1) is 15.1. The number of benzene rings is 1. The SMILES string of the molecule is Cc1sc2nc(SC/C=C/c3ccccc3)nc(N)c2c1C. The van der Waals surface area contributed by atoms with Crippen LogP contribution in [0.2, 0.25) is 0 Å². The molecule has 3 rings (SSSR count). The van der Waals surface area contributed by atoms with Gasteiger partial charge in [0.15, 0.2) is 5.16 Å². The summed E-state index contributed by atoms with van der Waals surface area (Å²) in [4.78, 5) is 11.3. The van der Waals surface area contributed by atoms with Crippen molar-refractivity contribution in [2.75, 3.05) is 11.5 Å². The van der Waals surface area contributed by atoms with Crippen molar-refractivity contribution in [3.8, 4) is 0 Å². The van der Waals surface area contributed by atoms with Crippen LogP contribution in [0.4, 0.5) is 5.82 Å². The van der Waals surface area contributed by atoms with Crippen LogP contribution in [0.15, 0.2) is 41.6 Å². The van der Waals surface area contributed by atoms with Gasteiger partial charge in [-0.1, -0.05) is 54.2 Å². The number of nitrogen functional groups attached to an aromatic ring is 1. The minimum atomic E-state index is 0.585. The second-order valence-corrected chi connectivity index (χ2v) is 7.17. The Labute approximate surface area is 138 Å². The highest BCUT2D eigenvalue weighted by Crippen LogP contribution is 2.33. The van der Waals surface area contributed by atoms with E-state index in [0.717, 1.165) is 21.1 Å². The first-order chi connectivity index (χ1) is 10.6. The van der Waals surface area contributed by atoms with E-state index in [1.807, 2.05) is 18.2 Å². The van der Waals surface area contributed by atoms with Gasteiger partial charge in [-0.2, -0.15) is 0 Å². The highest BCUT2D eigenvalue weighted by atomic mass is 32.2. The Balaban J connectivity index is 1.73. The molecule has 2 aromatic heterocycles. The van der Waals surface area contributed by atoms with Crippen molar-refractivity contribution in [1.29, 1.82) is 0 Å². The Morgan fingerprint density at radius 3 is 2.73 bits per heavy atom. The topological polar surface area (TPSA) is 51.8 Å². The van der Waals surface area contributed by atoms with Crippen LogP contribution in [-0.4, -0.2) is 15.7 Å². The maximum atomic E-state index is 6.09. The van der Waals surface area contributed by atoms with Gasteiger partial charge in [-0.25, -0.2) is 9.97 Å². The van der Waals surface area contributed by atoms with E-state index in [4.69, 9.17) is 5.73 Å². The predicted octanol–water partition coefficient (Wildman–Crippen LogP) is 4.70. The average molecular weight is 327 g/mol. The van der Waals surface area contributed by atoms with Crippen LogP contribution in [0.25, 0.3) is 16.3 Å². The molecule has 0 aliphatic heterocycles. The number of thiophene rings is 1. The molecule has 0 atom stereocenters. The first-order valence-electron chi connectivity index (χ1n) is 7.03. The highest BCUT2D eigenvalue weighted by Gasteiger charge is 2.12. The summed E-state index contributed by atoms with van der Waals surface area (Å²) in [6, 6.07) is 10.2. The van der Waals surface area contributed by atoms with E-state index < -0.39 is 0 Å². The van der Waals surface area contributed by atoms with Crippen molar-refractivity contribution < 1.29 is 0 Å². The molecule has 0 aliphatic rings. The third-order valence-electron chi connectivity index (χ3n) is 3.45. The lowest BCUT2D eigenvalue weighted by atomic mass is 10.2. The van der Waals surface area contributed by atoms with Gasteiger partial charge in [0.1, 0.15) is 10.6 Å². The molecule has 1 aromatic carbocycles. The van der Waals surface area contributed by atoms with Crippen molar-refractivity contribution in [1.82, 2.24) is 9.97 Å². The minimum absolute atomic E-state index is 0.585. The van der Waals surface area contributed by atoms with Gasteiger partial charge < -0.3 is 5.73 Å². The lowest BCUT2D eigenvalue weighted by molar-refractivity contribution is 1.02. The zero-order valence-electron chi connectivity index (χ0n) is 12.5. The lowest BCUT2D eigenvalue weighted by Gasteiger charge is -2.01. The third kappa shape index (κ3) is 3.15. The van der Waals surface area contributed by atoms with Crippen LogP contribution in [0.5, 0.6) is 0 Å². The molecule has 3 nitrogen and oxygen atoms in total. The van der Waals surface area contributed by atoms with Gasteiger partial charge in [0.25, 0.3) is 0 Å². The third-order valence-corrected chi connectivity index (χ3v) is 5.36. The van der Waals surface area contributed by atoms with Crippen LogP contribution in [0, 0.1) is 13.8 Å². The van der Waals surface area contributed by atoms with E-state index in [2.05, 4.69) is 48.1 Å². The Morgan fingerprint density at radius 1 is 1.18 bits per heavy atom. The Kier molecular flexibility index (Phi) is 4.45. The van der Waals surface area contributed by atoms with E-state index in [9.17, 15) is 0 Å². The molecule has 0 aliphatic carbocycles. The van der Waals surface area contributed by atoms with Crippen LogP contribution in [-0.2, 0) is 0 Å². The molecule has 112 valence electrons. The number of nitrogens with zero attached hydrogens (tertiary/aromatic N) is 2. The molecule has 5 heteroatoms. The largest absolute Gasteiger partial charge is 0.383 e. The van der Waals surface area contributed by atoms with Crippen molar-refractivity contribution in [2.24, 2.45) is 0 Å². The molecule has 0 fully saturated rings. The molecule has 22 heavy (non-hydrogen) atoms. The highest BCUT2D eigenvalue weighted by molar-refractivity contribution is 7.99. The minimum Gasteiger partial charge on any atom is -0.383 e. The van der Waals surface area contributed by atoms with Crippen LogP contribution in [0.3, 0.4) is 0 Å². The van der Waals surface area contributed by atoms with Gasteiger partial charge in [0.05, 0.1) is 5.39 Å². The number of nitrogens with two attached hydrogens (primary N) is 1. The Bertz CT molecular complexity index is 823. The normalized spacial score (nSPS) is 11.5. The molecule has 0 radical (unpaired) electrons. The molecule has 3 aromatic rings. The smallest absolute Gasteiger partial charge is 0.191 e. The number of rotatable bonds is 4. The molecular weight excluding hydrogens is 310 g/mol. The second-order valence-electron chi connectivity index (χ2n) is 4.98. The molecule has 0 saturated carbocycles. The summed E-state index contributed by atoms with van der Waals surface area (Å²) in [7, 11) is 0. The fourth-order valence-corrected chi connectivity index (χ4v) is 3.95. The zero-order chi connectivity index (χ0) is 15.5. The van der Waals surface area contributed by atoms with Crippen molar-refractivity contribution >= 4 is 45.2 Å². The van der Waals surface area contributed by atoms with E-state index in [1.54, 1.807) is 23.1 Å². The molecule has 0 unspecified atom stereocenters. The molecule has 0 spiro atoms. The number of anilines is 1. The number of aryl methyl sites for hydroxylation is 2. The second kappa shape index (κ2) is 6.50. The fourth-order valence-electron chi connectivity index (χ4n) is 2.20.